The fraction of sp³-hybridized carbons (Fsp3) is 0.318. The number of halogens is 1. The molecule has 31 heavy (non-hydrogen) atoms. The van der Waals surface area contributed by atoms with Gasteiger partial charge in [-0.1, -0.05) is 17.7 Å². The Kier molecular flexibility index (Phi) is 5.99. The van der Waals surface area contributed by atoms with Gasteiger partial charge in [0.25, 0.3) is 5.91 Å². The third-order valence-electron chi connectivity index (χ3n) is 5.05. The zero-order valence-electron chi connectivity index (χ0n) is 17.7. The molecule has 0 spiro atoms. The van der Waals surface area contributed by atoms with Crippen LogP contribution in [0.25, 0.3) is 16.7 Å². The van der Waals surface area contributed by atoms with E-state index in [1.165, 1.54) is 0 Å². The summed E-state index contributed by atoms with van der Waals surface area (Å²) in [6.45, 7) is 7.07. The highest BCUT2D eigenvalue weighted by atomic mass is 35.5. The van der Waals surface area contributed by atoms with Gasteiger partial charge in [-0.05, 0) is 63.4 Å². The summed E-state index contributed by atoms with van der Waals surface area (Å²) >= 11 is 6.05. The van der Waals surface area contributed by atoms with Crippen molar-refractivity contribution >= 4 is 40.0 Å². The predicted octanol–water partition coefficient (Wildman–Crippen LogP) is 3.87. The molecular formula is C22H24ClN7O. The molecule has 1 amide bonds. The molecule has 160 valence electrons. The van der Waals surface area contributed by atoms with Gasteiger partial charge in [-0.15, -0.1) is 10.2 Å². The molecule has 4 rings (SSSR count). The molecule has 0 aliphatic rings. The van der Waals surface area contributed by atoms with Crippen LogP contribution in [0.2, 0.25) is 5.15 Å². The zero-order valence-corrected chi connectivity index (χ0v) is 18.5. The quantitative estimate of drug-likeness (QED) is 0.336. The lowest BCUT2D eigenvalue weighted by molar-refractivity contribution is 0.0953. The van der Waals surface area contributed by atoms with Crippen LogP contribution in [0.15, 0.2) is 30.3 Å². The number of hydrogen-bond acceptors (Lipinski definition) is 6. The van der Waals surface area contributed by atoms with E-state index in [1.54, 1.807) is 12.1 Å². The molecule has 0 aliphatic heterocycles. The van der Waals surface area contributed by atoms with E-state index in [2.05, 4.69) is 37.9 Å². The number of carbonyl (C=O) groups is 1. The van der Waals surface area contributed by atoms with E-state index in [-0.39, 0.29) is 11.1 Å². The Morgan fingerprint density at radius 1 is 1.03 bits per heavy atom. The smallest absolute Gasteiger partial charge is 0.254 e. The Morgan fingerprint density at radius 2 is 1.84 bits per heavy atom. The molecule has 0 unspecified atom stereocenters. The lowest BCUT2D eigenvalue weighted by Gasteiger charge is -2.10. The number of nitrogens with one attached hydrogen (secondary N) is 2. The average Bonchev–Trinajstić information content (AvgIpc) is 3.12. The van der Waals surface area contributed by atoms with Crippen molar-refractivity contribution in [3.8, 4) is 0 Å². The van der Waals surface area contributed by atoms with Gasteiger partial charge in [-0.2, -0.15) is 0 Å². The van der Waals surface area contributed by atoms with Crippen LogP contribution in [-0.2, 0) is 0 Å². The van der Waals surface area contributed by atoms with Crippen molar-refractivity contribution in [1.82, 2.24) is 29.9 Å². The van der Waals surface area contributed by atoms with Gasteiger partial charge in [-0.3, -0.25) is 9.20 Å². The van der Waals surface area contributed by atoms with Crippen LogP contribution in [0, 0.1) is 20.8 Å². The van der Waals surface area contributed by atoms with Gasteiger partial charge in [0.2, 0.25) is 5.65 Å². The van der Waals surface area contributed by atoms with Gasteiger partial charge < -0.3 is 10.6 Å². The highest BCUT2D eigenvalue weighted by Crippen LogP contribution is 2.22. The van der Waals surface area contributed by atoms with E-state index in [0.717, 1.165) is 41.0 Å². The van der Waals surface area contributed by atoms with Crippen LogP contribution in [0.3, 0.4) is 0 Å². The van der Waals surface area contributed by atoms with Crippen molar-refractivity contribution in [2.45, 2.75) is 33.6 Å². The number of benzene rings is 1. The summed E-state index contributed by atoms with van der Waals surface area (Å²) in [4.78, 5) is 21.1. The Hall–Kier alpha value is -3.26. The molecule has 2 N–H and O–H groups in total. The van der Waals surface area contributed by atoms with Crippen LogP contribution < -0.4 is 10.6 Å². The Bertz CT molecular complexity index is 1270. The number of aromatic nitrogens is 5. The molecule has 0 bridgehead atoms. The molecule has 0 aliphatic carbocycles. The standard InChI is InChI=1S/C22H24ClN7O/c1-13-6-9-18-17(12-13)27-20(21-29-28-15(3)30(18)21)24-10-4-5-11-25-22(31)16-8-7-14(2)26-19(16)23/h6-9,12H,4-5,10-11H2,1-3H3,(H,24,27)(H,25,31). The molecular weight excluding hydrogens is 414 g/mol. The third-order valence-corrected chi connectivity index (χ3v) is 5.34. The van der Waals surface area contributed by atoms with E-state index >= 15 is 0 Å². The largest absolute Gasteiger partial charge is 0.367 e. The van der Waals surface area contributed by atoms with Crippen molar-refractivity contribution < 1.29 is 4.79 Å². The number of carbonyl (C=O) groups excluding carboxylic acids is 1. The maximum Gasteiger partial charge on any atom is 0.254 e. The number of anilines is 1. The number of unbranched alkanes of at least 4 members (excludes halogenated alkanes) is 1. The van der Waals surface area contributed by atoms with Gasteiger partial charge in [0.1, 0.15) is 11.0 Å². The maximum absolute atomic E-state index is 12.3. The Morgan fingerprint density at radius 3 is 2.65 bits per heavy atom. The molecule has 0 fully saturated rings. The van der Waals surface area contributed by atoms with Crippen molar-refractivity contribution in [2.75, 3.05) is 18.4 Å². The van der Waals surface area contributed by atoms with Gasteiger partial charge in [0.05, 0.1) is 16.6 Å². The van der Waals surface area contributed by atoms with Crippen LogP contribution in [0.4, 0.5) is 5.82 Å². The van der Waals surface area contributed by atoms with Crippen LogP contribution in [0.1, 0.15) is 40.3 Å². The molecule has 0 saturated heterocycles. The van der Waals surface area contributed by atoms with E-state index < -0.39 is 0 Å². The van der Waals surface area contributed by atoms with Crippen molar-refractivity contribution in [1.29, 1.82) is 0 Å². The fourth-order valence-corrected chi connectivity index (χ4v) is 3.74. The normalized spacial score (nSPS) is 11.2. The fourth-order valence-electron chi connectivity index (χ4n) is 3.45. The summed E-state index contributed by atoms with van der Waals surface area (Å²) in [5.74, 6) is 1.32. The highest BCUT2D eigenvalue weighted by molar-refractivity contribution is 6.32. The number of fused-ring (bicyclic) bond motifs is 3. The summed E-state index contributed by atoms with van der Waals surface area (Å²) in [5, 5.41) is 15.0. The van der Waals surface area contributed by atoms with Crippen molar-refractivity contribution in [2.24, 2.45) is 0 Å². The molecule has 3 heterocycles. The van der Waals surface area contributed by atoms with Gasteiger partial charge in [0, 0.05) is 18.8 Å². The summed E-state index contributed by atoms with van der Waals surface area (Å²) in [5.41, 5.74) is 4.92. The van der Waals surface area contributed by atoms with E-state index in [9.17, 15) is 4.79 Å². The molecule has 0 saturated carbocycles. The zero-order chi connectivity index (χ0) is 22.0. The summed E-state index contributed by atoms with van der Waals surface area (Å²) in [7, 11) is 0. The molecule has 0 atom stereocenters. The summed E-state index contributed by atoms with van der Waals surface area (Å²) in [6.07, 6.45) is 1.66. The number of rotatable bonds is 7. The number of aryl methyl sites for hydroxylation is 3. The van der Waals surface area contributed by atoms with Crippen LogP contribution in [0.5, 0.6) is 0 Å². The van der Waals surface area contributed by atoms with Gasteiger partial charge >= 0.3 is 0 Å². The lowest BCUT2D eigenvalue weighted by atomic mass is 10.2. The monoisotopic (exact) mass is 437 g/mol. The summed E-state index contributed by atoms with van der Waals surface area (Å²) < 4.78 is 2.02. The van der Waals surface area contributed by atoms with Crippen LogP contribution >= 0.6 is 11.6 Å². The molecule has 0 radical (unpaired) electrons. The van der Waals surface area contributed by atoms with Crippen molar-refractivity contribution in [3.05, 3.63) is 58.1 Å². The average molecular weight is 438 g/mol. The molecule has 1 aromatic carbocycles. The van der Waals surface area contributed by atoms with Gasteiger partial charge in [-0.25, -0.2) is 9.97 Å². The first kappa shape index (κ1) is 21.0. The number of pyridine rings is 1. The first-order valence-corrected chi connectivity index (χ1v) is 10.6. The number of amides is 1. The minimum Gasteiger partial charge on any atom is -0.367 e. The minimum atomic E-state index is -0.210. The summed E-state index contributed by atoms with van der Waals surface area (Å²) in [6, 6.07) is 9.63. The van der Waals surface area contributed by atoms with Crippen molar-refractivity contribution in [3.63, 3.8) is 0 Å². The van der Waals surface area contributed by atoms with E-state index in [4.69, 9.17) is 16.6 Å². The lowest BCUT2D eigenvalue weighted by Crippen LogP contribution is -2.25. The second kappa shape index (κ2) is 8.85. The maximum atomic E-state index is 12.3. The first-order chi connectivity index (χ1) is 14.9. The van der Waals surface area contributed by atoms with Crippen LogP contribution in [-0.4, -0.2) is 43.6 Å². The second-order valence-corrected chi connectivity index (χ2v) is 7.90. The van der Waals surface area contributed by atoms with Gasteiger partial charge in [0.15, 0.2) is 5.82 Å². The topological polar surface area (TPSA) is 97.1 Å². The molecule has 8 nitrogen and oxygen atoms in total. The second-order valence-electron chi connectivity index (χ2n) is 7.54. The van der Waals surface area contributed by atoms with E-state index in [0.29, 0.717) is 30.1 Å². The molecule has 3 aromatic heterocycles. The minimum absolute atomic E-state index is 0.210. The Labute approximate surface area is 185 Å². The number of nitrogens with zero attached hydrogens (tertiary/aromatic N) is 5. The molecule has 4 aromatic rings. The first-order valence-electron chi connectivity index (χ1n) is 10.2. The van der Waals surface area contributed by atoms with E-state index in [1.807, 2.05) is 31.2 Å². The molecule has 9 heteroatoms. The SMILES string of the molecule is Cc1ccc2c(c1)nc(NCCCCNC(=O)c1ccc(C)nc1Cl)c1nnc(C)n12. The Balaban J connectivity index is 1.35. The third kappa shape index (κ3) is 4.44. The predicted molar refractivity (Wildman–Crippen MR) is 122 cm³/mol. The number of hydrogen-bond donors (Lipinski definition) is 2. The highest BCUT2D eigenvalue weighted by Gasteiger charge is 2.13.